The summed E-state index contributed by atoms with van der Waals surface area (Å²) in [5.41, 5.74) is 6.79. The molecule has 2 aromatic rings. The summed E-state index contributed by atoms with van der Waals surface area (Å²) in [6.45, 7) is 4.80. The maximum absolute atomic E-state index is 5.69. The minimum absolute atomic E-state index is 0.406. The quantitative estimate of drug-likeness (QED) is 0.868. The Labute approximate surface area is 92.9 Å². The van der Waals surface area contributed by atoms with Gasteiger partial charge in [0, 0.05) is 11.4 Å². The van der Waals surface area contributed by atoms with Crippen LogP contribution in [-0.2, 0) is 6.54 Å². The van der Waals surface area contributed by atoms with Gasteiger partial charge in [0.1, 0.15) is 0 Å². The Bertz CT molecular complexity index is 431. The van der Waals surface area contributed by atoms with Gasteiger partial charge in [-0.05, 0) is 18.1 Å². The van der Waals surface area contributed by atoms with Crippen LogP contribution in [0.1, 0.15) is 30.3 Å². The second-order valence-corrected chi connectivity index (χ2v) is 4.75. The third-order valence-electron chi connectivity index (χ3n) is 2.19. The maximum atomic E-state index is 5.69. The smallest absolute Gasteiger partial charge is 0.162 e. The molecule has 0 atom stereocenters. The van der Waals surface area contributed by atoms with E-state index in [0.717, 1.165) is 21.3 Å². The SMILES string of the molecule is CC(C)c1nc(-c2ccco2)sc1CN. The van der Waals surface area contributed by atoms with Crippen LogP contribution in [0.4, 0.5) is 0 Å². The van der Waals surface area contributed by atoms with Crippen molar-refractivity contribution < 1.29 is 4.42 Å². The summed E-state index contributed by atoms with van der Waals surface area (Å²) in [6.07, 6.45) is 1.66. The lowest BCUT2D eigenvalue weighted by atomic mass is 10.1. The molecule has 80 valence electrons. The van der Waals surface area contributed by atoms with E-state index in [-0.39, 0.29) is 0 Å². The molecule has 2 rings (SSSR count). The second-order valence-electron chi connectivity index (χ2n) is 3.66. The van der Waals surface area contributed by atoms with E-state index in [1.807, 2.05) is 12.1 Å². The average molecular weight is 222 g/mol. The number of aromatic nitrogens is 1. The maximum Gasteiger partial charge on any atom is 0.162 e. The predicted molar refractivity (Wildman–Crippen MR) is 61.8 cm³/mol. The molecule has 0 aliphatic heterocycles. The number of hydrogen-bond donors (Lipinski definition) is 1. The zero-order valence-corrected chi connectivity index (χ0v) is 9.67. The Morgan fingerprint density at radius 3 is 2.80 bits per heavy atom. The van der Waals surface area contributed by atoms with Crippen molar-refractivity contribution in [3.05, 3.63) is 29.0 Å². The molecule has 3 nitrogen and oxygen atoms in total. The molecule has 0 saturated heterocycles. The van der Waals surface area contributed by atoms with E-state index in [0.29, 0.717) is 12.5 Å². The molecule has 0 aromatic carbocycles. The number of thiazole rings is 1. The van der Waals surface area contributed by atoms with E-state index < -0.39 is 0 Å². The highest BCUT2D eigenvalue weighted by atomic mass is 32.1. The molecular formula is C11H14N2OS. The van der Waals surface area contributed by atoms with Crippen LogP contribution in [-0.4, -0.2) is 4.98 Å². The Morgan fingerprint density at radius 1 is 1.53 bits per heavy atom. The standard InChI is InChI=1S/C11H14N2OS/c1-7(2)10-9(6-12)15-11(13-10)8-4-3-5-14-8/h3-5,7H,6,12H2,1-2H3. The molecule has 2 N–H and O–H groups in total. The van der Waals surface area contributed by atoms with Crippen LogP contribution >= 0.6 is 11.3 Å². The lowest BCUT2D eigenvalue weighted by molar-refractivity contribution is 0.581. The van der Waals surface area contributed by atoms with Crippen molar-refractivity contribution in [2.75, 3.05) is 0 Å². The van der Waals surface area contributed by atoms with Crippen LogP contribution in [0, 0.1) is 0 Å². The van der Waals surface area contributed by atoms with E-state index in [9.17, 15) is 0 Å². The number of furan rings is 1. The Morgan fingerprint density at radius 2 is 2.33 bits per heavy atom. The van der Waals surface area contributed by atoms with Crippen LogP contribution in [0.25, 0.3) is 10.8 Å². The lowest BCUT2D eigenvalue weighted by Gasteiger charge is -2.01. The normalized spacial score (nSPS) is 11.2. The molecule has 0 aliphatic carbocycles. The molecule has 15 heavy (non-hydrogen) atoms. The molecule has 0 aliphatic rings. The molecule has 0 fully saturated rings. The fourth-order valence-electron chi connectivity index (χ4n) is 1.47. The van der Waals surface area contributed by atoms with Gasteiger partial charge < -0.3 is 10.2 Å². The summed E-state index contributed by atoms with van der Waals surface area (Å²) < 4.78 is 5.32. The van der Waals surface area contributed by atoms with Gasteiger partial charge in [-0.25, -0.2) is 4.98 Å². The molecule has 0 bridgehead atoms. The van der Waals surface area contributed by atoms with Gasteiger partial charge in [-0.15, -0.1) is 11.3 Å². The van der Waals surface area contributed by atoms with Crippen molar-refractivity contribution in [3.8, 4) is 10.8 Å². The van der Waals surface area contributed by atoms with Gasteiger partial charge in [-0.2, -0.15) is 0 Å². The molecular weight excluding hydrogens is 208 g/mol. The highest BCUT2D eigenvalue weighted by Crippen LogP contribution is 2.31. The van der Waals surface area contributed by atoms with Crippen molar-refractivity contribution in [3.63, 3.8) is 0 Å². The molecule has 2 heterocycles. The molecule has 4 heteroatoms. The van der Waals surface area contributed by atoms with Gasteiger partial charge in [-0.1, -0.05) is 13.8 Å². The molecule has 0 unspecified atom stereocenters. The third kappa shape index (κ3) is 1.96. The Hall–Kier alpha value is -1.13. The second kappa shape index (κ2) is 4.16. The minimum Gasteiger partial charge on any atom is -0.462 e. The van der Waals surface area contributed by atoms with Crippen LogP contribution in [0.5, 0.6) is 0 Å². The van der Waals surface area contributed by atoms with Gasteiger partial charge in [0.05, 0.1) is 12.0 Å². The topological polar surface area (TPSA) is 52.0 Å². The first-order valence-corrected chi connectivity index (χ1v) is 5.77. The average Bonchev–Trinajstić information content (AvgIpc) is 2.86. The summed E-state index contributed by atoms with van der Waals surface area (Å²) in [5.74, 6) is 1.23. The summed E-state index contributed by atoms with van der Waals surface area (Å²) in [7, 11) is 0. The Kier molecular flexibility index (Phi) is 2.88. The first-order valence-electron chi connectivity index (χ1n) is 4.96. The highest BCUT2D eigenvalue weighted by molar-refractivity contribution is 7.15. The van der Waals surface area contributed by atoms with E-state index in [1.54, 1.807) is 17.6 Å². The summed E-state index contributed by atoms with van der Waals surface area (Å²) in [5, 5.41) is 0.921. The van der Waals surface area contributed by atoms with Crippen molar-refractivity contribution >= 4 is 11.3 Å². The third-order valence-corrected chi connectivity index (χ3v) is 3.30. The number of rotatable bonds is 3. The number of nitrogens with zero attached hydrogens (tertiary/aromatic N) is 1. The zero-order chi connectivity index (χ0) is 10.8. The highest BCUT2D eigenvalue weighted by Gasteiger charge is 2.15. The fraction of sp³-hybridized carbons (Fsp3) is 0.364. The number of hydrogen-bond acceptors (Lipinski definition) is 4. The first kappa shape index (κ1) is 10.4. The molecule has 2 aromatic heterocycles. The lowest BCUT2D eigenvalue weighted by Crippen LogP contribution is -1.99. The van der Waals surface area contributed by atoms with Gasteiger partial charge >= 0.3 is 0 Å². The molecule has 0 radical (unpaired) electrons. The van der Waals surface area contributed by atoms with Crippen LogP contribution in [0.2, 0.25) is 0 Å². The summed E-state index contributed by atoms with van der Waals surface area (Å²) in [6, 6.07) is 3.79. The molecule has 0 spiro atoms. The monoisotopic (exact) mass is 222 g/mol. The zero-order valence-electron chi connectivity index (χ0n) is 8.86. The largest absolute Gasteiger partial charge is 0.462 e. The van der Waals surface area contributed by atoms with Gasteiger partial charge in [0.15, 0.2) is 10.8 Å². The van der Waals surface area contributed by atoms with Crippen LogP contribution in [0.3, 0.4) is 0 Å². The number of nitrogens with two attached hydrogens (primary N) is 1. The van der Waals surface area contributed by atoms with Crippen LogP contribution in [0.15, 0.2) is 22.8 Å². The van der Waals surface area contributed by atoms with Crippen molar-refractivity contribution in [2.24, 2.45) is 5.73 Å². The molecule has 0 saturated carbocycles. The van der Waals surface area contributed by atoms with E-state index in [1.165, 1.54) is 0 Å². The predicted octanol–water partition coefficient (Wildman–Crippen LogP) is 2.99. The minimum atomic E-state index is 0.406. The summed E-state index contributed by atoms with van der Waals surface area (Å²) >= 11 is 1.62. The molecule has 0 amide bonds. The van der Waals surface area contributed by atoms with Crippen molar-refractivity contribution in [1.29, 1.82) is 0 Å². The van der Waals surface area contributed by atoms with Crippen molar-refractivity contribution in [1.82, 2.24) is 4.98 Å². The van der Waals surface area contributed by atoms with Gasteiger partial charge in [0.2, 0.25) is 0 Å². The van der Waals surface area contributed by atoms with Gasteiger partial charge in [-0.3, -0.25) is 0 Å². The van der Waals surface area contributed by atoms with E-state index >= 15 is 0 Å². The summed E-state index contributed by atoms with van der Waals surface area (Å²) in [4.78, 5) is 5.72. The fourth-order valence-corrected chi connectivity index (χ4v) is 2.53. The Balaban J connectivity index is 2.43. The van der Waals surface area contributed by atoms with Gasteiger partial charge in [0.25, 0.3) is 0 Å². The van der Waals surface area contributed by atoms with E-state index in [2.05, 4.69) is 18.8 Å². The van der Waals surface area contributed by atoms with Crippen molar-refractivity contribution in [2.45, 2.75) is 26.3 Å². The van der Waals surface area contributed by atoms with E-state index in [4.69, 9.17) is 10.2 Å². The van der Waals surface area contributed by atoms with Crippen LogP contribution < -0.4 is 5.73 Å². The first-order chi connectivity index (χ1) is 7.22.